The molecule has 5 aromatic rings. The van der Waals surface area contributed by atoms with E-state index in [0.717, 1.165) is 92.7 Å². The van der Waals surface area contributed by atoms with Gasteiger partial charge < -0.3 is 10.1 Å². The van der Waals surface area contributed by atoms with Crippen molar-refractivity contribution in [1.82, 2.24) is 29.8 Å². The number of aryl methyl sites for hydroxylation is 2. The number of alkyl halides is 7. The first-order valence-electron chi connectivity index (χ1n) is 17.6. The number of carbonyl (C=O) groups is 1. The van der Waals surface area contributed by atoms with Crippen molar-refractivity contribution in [1.29, 1.82) is 0 Å². The number of hydrogen-bond donors (Lipinski definition) is 1. The van der Waals surface area contributed by atoms with E-state index in [0.29, 0.717) is 17.0 Å². The maximum Gasteiger partial charge on any atom is 0.416 e. The molecule has 0 saturated carbocycles. The average molecular weight is 836 g/mol. The molecule has 300 valence electrons. The van der Waals surface area contributed by atoms with Gasteiger partial charge in [0.15, 0.2) is 5.56 Å². The number of halogens is 9. The van der Waals surface area contributed by atoms with Crippen LogP contribution in [0.4, 0.5) is 31.1 Å². The highest BCUT2D eigenvalue weighted by atomic mass is 35.5. The molecule has 2 fully saturated rings. The number of fused-ring (bicyclic) bond motifs is 2. The minimum atomic E-state index is -4.33. The fourth-order valence-electron chi connectivity index (χ4n) is 6.96. The molecule has 0 aliphatic carbocycles. The third-order valence-electron chi connectivity index (χ3n) is 9.62. The van der Waals surface area contributed by atoms with Crippen LogP contribution in [0.2, 0.25) is 0 Å². The molecule has 3 aromatic carbocycles. The smallest absolute Gasteiger partial charge is 0.416 e. The molecule has 4 heterocycles. The third kappa shape index (κ3) is 11.7. The lowest BCUT2D eigenvalue weighted by atomic mass is 9.91. The van der Waals surface area contributed by atoms with Gasteiger partial charge in [0.05, 0.1) is 33.5 Å². The zero-order valence-corrected chi connectivity index (χ0v) is 32.8. The molecule has 2 saturated heterocycles. The molecular weight excluding hydrogens is 793 g/mol. The van der Waals surface area contributed by atoms with Gasteiger partial charge in [-0.15, -0.1) is 12.4 Å². The van der Waals surface area contributed by atoms with Crippen LogP contribution in [-0.4, -0.2) is 61.6 Å². The predicted octanol–water partition coefficient (Wildman–Crippen LogP) is 10.4. The largest absolute Gasteiger partial charge is 0.434 e. The lowest BCUT2D eigenvalue weighted by Gasteiger charge is -2.31. The minimum absolute atomic E-state index is 0. The Labute approximate surface area is 331 Å². The van der Waals surface area contributed by atoms with Crippen LogP contribution in [0, 0.1) is 0 Å². The summed E-state index contributed by atoms with van der Waals surface area (Å²) < 4.78 is 84.6. The molecule has 0 spiro atoms. The standard InChI is InChI=1S/C21H22F3N3.C14H16F3N3.C3H4Cl2O2.ClH/c1-26-19-13-17(21(22,23)24)7-8-18(19)20(25-26)16-9-11-27(12-10-16)14-15-5-3-2-4-6-15;1-20-12-8-10(14(15,16)17)2-3-11(12)13(19-20)9-4-6-18-7-5-9;1-2(4)7-3(5)6;/h2-8,13,16H,9-12,14H2,1H3;2-3,8-9,18H,4-7H2,1H3;2H,1H3;1H. The monoisotopic (exact) mass is 834 g/mol. The van der Waals surface area contributed by atoms with Gasteiger partial charge in [-0.3, -0.25) is 14.3 Å². The minimum Gasteiger partial charge on any atom is -0.434 e. The van der Waals surface area contributed by atoms with E-state index in [2.05, 4.69) is 49.4 Å². The zero-order valence-electron chi connectivity index (χ0n) is 30.4. The van der Waals surface area contributed by atoms with Crippen LogP contribution in [0.3, 0.4) is 0 Å². The Balaban J connectivity index is 0.000000212. The van der Waals surface area contributed by atoms with E-state index >= 15 is 0 Å². The highest BCUT2D eigenvalue weighted by Gasteiger charge is 2.33. The predicted molar refractivity (Wildman–Crippen MR) is 205 cm³/mol. The summed E-state index contributed by atoms with van der Waals surface area (Å²) in [6, 6.07) is 18.2. The summed E-state index contributed by atoms with van der Waals surface area (Å²) in [7, 11) is 3.42. The molecule has 2 aliphatic rings. The van der Waals surface area contributed by atoms with Crippen LogP contribution in [0.15, 0.2) is 66.7 Å². The third-order valence-corrected chi connectivity index (χ3v) is 9.80. The number of hydrogen-bond acceptors (Lipinski definition) is 6. The highest BCUT2D eigenvalue weighted by molar-refractivity contribution is 6.61. The number of likely N-dealkylation sites (tertiary alicyclic amines) is 1. The molecule has 0 bridgehead atoms. The van der Waals surface area contributed by atoms with Gasteiger partial charge >= 0.3 is 17.8 Å². The van der Waals surface area contributed by atoms with Gasteiger partial charge in [-0.1, -0.05) is 54.1 Å². The Morgan fingerprint density at radius 1 is 0.800 bits per heavy atom. The van der Waals surface area contributed by atoms with E-state index in [1.807, 2.05) is 6.07 Å². The number of piperidine rings is 2. The maximum absolute atomic E-state index is 13.0. The number of nitrogens with zero attached hydrogens (tertiary/aromatic N) is 5. The van der Waals surface area contributed by atoms with Gasteiger partial charge in [-0.05, 0) is 88.6 Å². The van der Waals surface area contributed by atoms with Crippen molar-refractivity contribution in [2.75, 3.05) is 26.2 Å². The Morgan fingerprint density at radius 2 is 1.25 bits per heavy atom. The van der Waals surface area contributed by atoms with E-state index in [1.54, 1.807) is 35.6 Å². The topological polar surface area (TPSA) is 77.2 Å². The van der Waals surface area contributed by atoms with Crippen LogP contribution < -0.4 is 5.32 Å². The van der Waals surface area contributed by atoms with Gasteiger partial charge in [0.2, 0.25) is 0 Å². The highest BCUT2D eigenvalue weighted by Crippen LogP contribution is 2.37. The second kappa shape index (κ2) is 19.1. The van der Waals surface area contributed by atoms with Crippen molar-refractivity contribution in [2.24, 2.45) is 14.1 Å². The van der Waals surface area contributed by atoms with Crippen molar-refractivity contribution < 1.29 is 35.9 Å². The first kappa shape index (κ1) is 44.2. The van der Waals surface area contributed by atoms with Crippen molar-refractivity contribution >= 4 is 62.8 Å². The summed E-state index contributed by atoms with van der Waals surface area (Å²) >= 11 is 9.87. The Bertz CT molecular complexity index is 2010. The fourth-order valence-corrected chi connectivity index (χ4v) is 7.22. The van der Waals surface area contributed by atoms with Gasteiger partial charge in [0, 0.05) is 54.8 Å². The Hall–Kier alpha value is -3.56. The van der Waals surface area contributed by atoms with Crippen LogP contribution in [0.1, 0.15) is 72.5 Å². The number of ether oxygens (including phenoxy) is 1. The molecule has 8 nitrogen and oxygen atoms in total. The normalized spacial score (nSPS) is 16.4. The van der Waals surface area contributed by atoms with E-state index in [9.17, 15) is 31.1 Å². The first-order chi connectivity index (χ1) is 25.5. The number of benzene rings is 3. The van der Waals surface area contributed by atoms with E-state index in [1.165, 1.54) is 24.6 Å². The summed E-state index contributed by atoms with van der Waals surface area (Å²) in [5.41, 5.74) is 1.51. The molecule has 17 heteroatoms. The Kier molecular flexibility index (Phi) is 15.3. The molecule has 0 amide bonds. The number of nitrogens with one attached hydrogen (secondary N) is 1. The van der Waals surface area contributed by atoms with Crippen molar-refractivity contribution in [3.63, 3.8) is 0 Å². The maximum atomic E-state index is 13.0. The van der Waals surface area contributed by atoms with Gasteiger partial charge in [0.1, 0.15) is 0 Å². The molecule has 2 aliphatic heterocycles. The zero-order chi connectivity index (χ0) is 39.2. The average Bonchev–Trinajstić information content (AvgIpc) is 3.64. The van der Waals surface area contributed by atoms with Crippen LogP contribution in [0.5, 0.6) is 0 Å². The Morgan fingerprint density at radius 3 is 1.65 bits per heavy atom. The van der Waals surface area contributed by atoms with Crippen LogP contribution >= 0.6 is 35.6 Å². The first-order valence-corrected chi connectivity index (χ1v) is 18.4. The van der Waals surface area contributed by atoms with Gasteiger partial charge in [-0.2, -0.15) is 36.5 Å². The summed E-state index contributed by atoms with van der Waals surface area (Å²) in [6.45, 7) is 6.25. The summed E-state index contributed by atoms with van der Waals surface area (Å²) in [5, 5.41) is 14.0. The quantitative estimate of drug-likeness (QED) is 0.108. The van der Waals surface area contributed by atoms with Crippen molar-refractivity contribution in [2.45, 2.75) is 68.9 Å². The molecular formula is C38H43Cl3F6N6O2. The molecule has 0 radical (unpaired) electrons. The fraction of sp³-hybridized carbons (Fsp3) is 0.447. The molecule has 1 atom stereocenters. The van der Waals surface area contributed by atoms with Crippen molar-refractivity contribution in [3.8, 4) is 0 Å². The second-order valence-electron chi connectivity index (χ2n) is 13.4. The molecule has 1 N–H and O–H groups in total. The van der Waals surface area contributed by atoms with E-state index in [4.69, 9.17) is 23.2 Å². The number of rotatable bonds is 5. The summed E-state index contributed by atoms with van der Waals surface area (Å²) in [6.07, 6.45) is -4.74. The van der Waals surface area contributed by atoms with E-state index in [-0.39, 0.29) is 18.3 Å². The molecule has 7 rings (SSSR count). The molecule has 1 unspecified atom stereocenters. The SMILES string of the molecule is CC(Cl)OC(=O)Cl.Cl.Cn1nc(C2CCN(Cc3ccccc3)CC2)c2ccc(C(F)(F)F)cc21.Cn1nc(C2CCNCC2)c2ccc(C(F)(F)F)cc21. The lowest BCUT2D eigenvalue weighted by Crippen LogP contribution is -2.32. The summed E-state index contributed by atoms with van der Waals surface area (Å²) in [5.74, 6) is 0.620. The summed E-state index contributed by atoms with van der Waals surface area (Å²) in [4.78, 5) is 12.1. The van der Waals surface area contributed by atoms with E-state index < -0.39 is 34.5 Å². The lowest BCUT2D eigenvalue weighted by molar-refractivity contribution is -0.138. The van der Waals surface area contributed by atoms with Crippen LogP contribution in [0.25, 0.3) is 21.8 Å². The van der Waals surface area contributed by atoms with Gasteiger partial charge in [-0.25, -0.2) is 4.79 Å². The molecule has 55 heavy (non-hydrogen) atoms. The molecule has 2 aromatic heterocycles. The van der Waals surface area contributed by atoms with Gasteiger partial charge in [0.25, 0.3) is 0 Å². The number of carbonyl (C=O) groups excluding carboxylic acids is 1. The number of aromatic nitrogens is 4. The van der Waals surface area contributed by atoms with Crippen LogP contribution in [-0.2, 0) is 37.7 Å². The van der Waals surface area contributed by atoms with Crippen molar-refractivity contribution in [3.05, 3.63) is 94.8 Å². The second-order valence-corrected chi connectivity index (χ2v) is 14.4.